The third kappa shape index (κ3) is 2.19. The molecule has 1 amide bonds. The molecule has 0 aliphatic carbocycles. The number of thioether (sulfide) groups is 1. The highest BCUT2D eigenvalue weighted by Crippen LogP contribution is 2.17. The van der Waals surface area contributed by atoms with E-state index in [9.17, 15) is 9.59 Å². The summed E-state index contributed by atoms with van der Waals surface area (Å²) in [7, 11) is 0. The zero-order valence-corrected chi connectivity index (χ0v) is 9.37. The summed E-state index contributed by atoms with van der Waals surface area (Å²) >= 11 is 1.70. The number of amides is 1. The van der Waals surface area contributed by atoms with Gasteiger partial charge in [0.25, 0.3) is 5.91 Å². The second-order valence-corrected chi connectivity index (χ2v) is 4.57. The number of hydrogen-bond acceptors (Lipinski definition) is 3. The Kier molecular flexibility index (Phi) is 3.14. The van der Waals surface area contributed by atoms with Gasteiger partial charge in [0.2, 0.25) is 0 Å². The van der Waals surface area contributed by atoms with E-state index in [1.807, 2.05) is 0 Å². The molecule has 0 spiro atoms. The summed E-state index contributed by atoms with van der Waals surface area (Å²) in [6.07, 6.45) is 0. The minimum atomic E-state index is -1.01. The minimum absolute atomic E-state index is 0.0897. The molecule has 1 aliphatic rings. The van der Waals surface area contributed by atoms with E-state index >= 15 is 0 Å². The Balaban J connectivity index is 2.22. The molecule has 0 aromatic heterocycles. The number of nitrogens with zero attached hydrogens (tertiary/aromatic N) is 1. The lowest BCUT2D eigenvalue weighted by Crippen LogP contribution is -2.27. The van der Waals surface area contributed by atoms with Crippen LogP contribution < -0.4 is 0 Å². The fourth-order valence-corrected chi connectivity index (χ4v) is 2.49. The first-order valence-electron chi connectivity index (χ1n) is 4.89. The van der Waals surface area contributed by atoms with Crippen LogP contribution in [0, 0.1) is 0 Å². The van der Waals surface area contributed by atoms with Gasteiger partial charge >= 0.3 is 5.97 Å². The van der Waals surface area contributed by atoms with Crippen LogP contribution >= 0.6 is 11.8 Å². The van der Waals surface area contributed by atoms with E-state index < -0.39 is 5.97 Å². The van der Waals surface area contributed by atoms with E-state index in [0.29, 0.717) is 11.4 Å². The van der Waals surface area contributed by atoms with Crippen LogP contribution in [0.25, 0.3) is 0 Å². The van der Waals surface area contributed by atoms with Crippen LogP contribution in [0.3, 0.4) is 0 Å². The van der Waals surface area contributed by atoms with Crippen molar-refractivity contribution >= 4 is 23.6 Å². The molecule has 0 bridgehead atoms. The van der Waals surface area contributed by atoms with Crippen LogP contribution in [0.4, 0.5) is 0 Å². The zero-order chi connectivity index (χ0) is 11.5. The quantitative estimate of drug-likeness (QED) is 0.847. The Morgan fingerprint density at radius 3 is 2.69 bits per heavy atom. The summed E-state index contributed by atoms with van der Waals surface area (Å²) in [6.45, 7) is 0.737. The third-order valence-electron chi connectivity index (χ3n) is 2.40. The molecule has 2 rings (SSSR count). The van der Waals surface area contributed by atoms with E-state index in [1.54, 1.807) is 28.8 Å². The molecule has 1 fully saturated rings. The second kappa shape index (κ2) is 4.57. The molecule has 0 atom stereocenters. The highest BCUT2D eigenvalue weighted by atomic mass is 32.2. The van der Waals surface area contributed by atoms with E-state index in [4.69, 9.17) is 5.11 Å². The van der Waals surface area contributed by atoms with E-state index in [0.717, 1.165) is 12.3 Å². The molecule has 4 nitrogen and oxygen atoms in total. The van der Waals surface area contributed by atoms with Gasteiger partial charge < -0.3 is 10.0 Å². The highest BCUT2D eigenvalue weighted by molar-refractivity contribution is 7.99. The van der Waals surface area contributed by atoms with Gasteiger partial charge in [0.05, 0.1) is 11.4 Å². The topological polar surface area (TPSA) is 57.6 Å². The molecular weight excluding hydrogens is 226 g/mol. The molecule has 1 aromatic rings. The minimum Gasteiger partial charge on any atom is -0.478 e. The van der Waals surface area contributed by atoms with Crippen molar-refractivity contribution in [1.29, 1.82) is 0 Å². The molecule has 5 heteroatoms. The number of hydrogen-bond donors (Lipinski definition) is 1. The van der Waals surface area contributed by atoms with Crippen LogP contribution in [0.5, 0.6) is 0 Å². The Labute approximate surface area is 97.3 Å². The predicted molar refractivity (Wildman–Crippen MR) is 61.8 cm³/mol. The van der Waals surface area contributed by atoms with Gasteiger partial charge in [0.15, 0.2) is 0 Å². The van der Waals surface area contributed by atoms with Crippen molar-refractivity contribution in [3.63, 3.8) is 0 Å². The lowest BCUT2D eigenvalue weighted by Gasteiger charge is -2.14. The SMILES string of the molecule is O=C(O)c1cccc(C(=O)N2CCSC2)c1. The molecule has 16 heavy (non-hydrogen) atoms. The van der Waals surface area contributed by atoms with Gasteiger partial charge in [-0.05, 0) is 18.2 Å². The summed E-state index contributed by atoms with van der Waals surface area (Å²) in [4.78, 5) is 24.4. The molecule has 1 aromatic carbocycles. The van der Waals surface area contributed by atoms with Crippen molar-refractivity contribution < 1.29 is 14.7 Å². The Morgan fingerprint density at radius 1 is 1.31 bits per heavy atom. The predicted octanol–water partition coefficient (Wildman–Crippen LogP) is 1.53. The molecule has 0 unspecified atom stereocenters. The van der Waals surface area contributed by atoms with Gasteiger partial charge in [-0.1, -0.05) is 6.07 Å². The zero-order valence-electron chi connectivity index (χ0n) is 8.55. The number of rotatable bonds is 2. The first kappa shape index (κ1) is 11.0. The average molecular weight is 237 g/mol. The molecule has 1 N–H and O–H groups in total. The molecule has 84 valence electrons. The van der Waals surface area contributed by atoms with Crippen molar-refractivity contribution in [2.24, 2.45) is 0 Å². The number of carbonyl (C=O) groups excluding carboxylic acids is 1. The fraction of sp³-hybridized carbons (Fsp3) is 0.273. The van der Waals surface area contributed by atoms with Gasteiger partial charge in [-0.25, -0.2) is 4.79 Å². The summed E-state index contributed by atoms with van der Waals surface area (Å²) in [5.74, 6) is 0.541. The Bertz CT molecular complexity index is 427. The maximum Gasteiger partial charge on any atom is 0.335 e. The fourth-order valence-electron chi connectivity index (χ4n) is 1.54. The Morgan fingerprint density at radius 2 is 2.06 bits per heavy atom. The molecule has 0 saturated carbocycles. The van der Waals surface area contributed by atoms with E-state index in [1.165, 1.54) is 12.1 Å². The van der Waals surface area contributed by atoms with Crippen LogP contribution in [0.15, 0.2) is 24.3 Å². The smallest absolute Gasteiger partial charge is 0.335 e. The average Bonchev–Trinajstić information content (AvgIpc) is 2.81. The number of carboxylic acids is 1. The van der Waals surface area contributed by atoms with Crippen molar-refractivity contribution in [2.75, 3.05) is 18.2 Å². The summed E-state index contributed by atoms with van der Waals surface area (Å²) in [6, 6.07) is 6.16. The van der Waals surface area contributed by atoms with E-state index in [2.05, 4.69) is 0 Å². The van der Waals surface area contributed by atoms with Gasteiger partial charge in [-0.2, -0.15) is 0 Å². The normalized spacial score (nSPS) is 15.1. The van der Waals surface area contributed by atoms with Gasteiger partial charge in [0.1, 0.15) is 0 Å². The molecule has 0 radical (unpaired) electrons. The molecular formula is C11H11NO3S. The standard InChI is InChI=1S/C11H11NO3S/c13-10(12-4-5-16-7-12)8-2-1-3-9(6-8)11(14)15/h1-3,6H,4-5,7H2,(H,14,15). The van der Waals surface area contributed by atoms with Crippen molar-refractivity contribution in [2.45, 2.75) is 0 Å². The third-order valence-corrected chi connectivity index (χ3v) is 3.36. The first-order chi connectivity index (χ1) is 7.68. The van der Waals surface area contributed by atoms with Gasteiger partial charge in [-0.3, -0.25) is 4.79 Å². The first-order valence-corrected chi connectivity index (χ1v) is 6.04. The van der Waals surface area contributed by atoms with Crippen LogP contribution in [-0.4, -0.2) is 40.1 Å². The molecule has 1 saturated heterocycles. The largest absolute Gasteiger partial charge is 0.478 e. The van der Waals surface area contributed by atoms with Crippen LogP contribution in [0.1, 0.15) is 20.7 Å². The van der Waals surface area contributed by atoms with Crippen molar-refractivity contribution in [3.05, 3.63) is 35.4 Å². The molecule has 1 aliphatic heterocycles. The summed E-state index contributed by atoms with van der Waals surface area (Å²) in [5.41, 5.74) is 0.597. The summed E-state index contributed by atoms with van der Waals surface area (Å²) in [5, 5.41) is 8.83. The van der Waals surface area contributed by atoms with Gasteiger partial charge in [0, 0.05) is 17.9 Å². The highest BCUT2D eigenvalue weighted by Gasteiger charge is 2.20. The number of carbonyl (C=O) groups is 2. The monoisotopic (exact) mass is 237 g/mol. The number of carboxylic acid groups (broad SMARTS) is 1. The van der Waals surface area contributed by atoms with E-state index in [-0.39, 0.29) is 11.5 Å². The lowest BCUT2D eigenvalue weighted by molar-refractivity contribution is 0.0697. The lowest BCUT2D eigenvalue weighted by atomic mass is 10.1. The van der Waals surface area contributed by atoms with Crippen molar-refractivity contribution in [1.82, 2.24) is 4.90 Å². The van der Waals surface area contributed by atoms with Crippen LogP contribution in [-0.2, 0) is 0 Å². The summed E-state index contributed by atoms with van der Waals surface area (Å²) < 4.78 is 0. The number of aromatic carboxylic acids is 1. The second-order valence-electron chi connectivity index (χ2n) is 3.49. The maximum atomic E-state index is 11.9. The maximum absolute atomic E-state index is 11.9. The van der Waals surface area contributed by atoms with Crippen molar-refractivity contribution in [3.8, 4) is 0 Å². The van der Waals surface area contributed by atoms with Crippen LogP contribution in [0.2, 0.25) is 0 Å². The molecule has 1 heterocycles. The Hall–Kier alpha value is -1.49. The van der Waals surface area contributed by atoms with Gasteiger partial charge in [-0.15, -0.1) is 11.8 Å². The number of benzene rings is 1.